The van der Waals surface area contributed by atoms with Crippen LogP contribution in [0.15, 0.2) is 34.9 Å². The predicted octanol–water partition coefficient (Wildman–Crippen LogP) is 2.76. The van der Waals surface area contributed by atoms with E-state index in [1.807, 2.05) is 18.2 Å². The molecule has 0 spiro atoms. The van der Waals surface area contributed by atoms with E-state index >= 15 is 0 Å². The van der Waals surface area contributed by atoms with E-state index in [1.165, 1.54) is 5.56 Å². The minimum atomic E-state index is 0.0272. The van der Waals surface area contributed by atoms with E-state index in [0.29, 0.717) is 30.2 Å². The van der Waals surface area contributed by atoms with Crippen molar-refractivity contribution in [2.45, 2.75) is 64.1 Å². The molecule has 2 N–H and O–H groups in total. The molecule has 0 saturated heterocycles. The third-order valence-corrected chi connectivity index (χ3v) is 4.68. The Kier molecular flexibility index (Phi) is 5.81. The first kappa shape index (κ1) is 17.6. The van der Waals surface area contributed by atoms with Crippen LogP contribution >= 0.6 is 0 Å². The summed E-state index contributed by atoms with van der Waals surface area (Å²) in [5.74, 6) is 1.40. The molecular weight excluding hydrogens is 316 g/mol. The first-order valence-corrected chi connectivity index (χ1v) is 8.99. The van der Waals surface area contributed by atoms with Crippen molar-refractivity contribution in [3.63, 3.8) is 0 Å². The van der Waals surface area contributed by atoms with Gasteiger partial charge in [0, 0.05) is 25.4 Å². The molecule has 1 aromatic heterocycles. The van der Waals surface area contributed by atoms with Gasteiger partial charge in [0.15, 0.2) is 5.82 Å². The lowest BCUT2D eigenvalue weighted by atomic mass is 9.90. The molecule has 1 fully saturated rings. The monoisotopic (exact) mass is 342 g/mol. The quantitative estimate of drug-likeness (QED) is 0.844. The highest BCUT2D eigenvalue weighted by atomic mass is 16.5. The van der Waals surface area contributed by atoms with Crippen LogP contribution in [0.25, 0.3) is 0 Å². The van der Waals surface area contributed by atoms with Crippen LogP contribution in [0.3, 0.4) is 0 Å². The van der Waals surface area contributed by atoms with Gasteiger partial charge in [0.05, 0.1) is 6.04 Å². The van der Waals surface area contributed by atoms with Gasteiger partial charge in [-0.05, 0) is 38.2 Å². The Morgan fingerprint density at radius 2 is 1.88 bits per heavy atom. The van der Waals surface area contributed by atoms with Crippen LogP contribution in [0.2, 0.25) is 0 Å². The largest absolute Gasteiger partial charge is 0.354 e. The van der Waals surface area contributed by atoms with Crippen molar-refractivity contribution in [3.05, 3.63) is 47.6 Å². The van der Waals surface area contributed by atoms with E-state index in [-0.39, 0.29) is 11.9 Å². The maximum absolute atomic E-state index is 11.1. The summed E-state index contributed by atoms with van der Waals surface area (Å²) in [5, 5.41) is 10.7. The third-order valence-electron chi connectivity index (χ3n) is 4.68. The van der Waals surface area contributed by atoms with Gasteiger partial charge in [-0.1, -0.05) is 35.5 Å². The van der Waals surface area contributed by atoms with Crippen LogP contribution in [0, 0.1) is 0 Å². The number of hydrogen-bond acceptors (Lipinski definition) is 5. The standard InChI is InChI=1S/C19H26N4O2/c1-13(20-16-8-10-17(11-9-16)21-14(2)24)19-22-18(23-25-19)12-15-6-4-3-5-7-15/h3-7,13,16-17,20H,8-12H2,1-2H3,(H,21,24). The average molecular weight is 342 g/mol. The number of benzene rings is 1. The SMILES string of the molecule is CC(=O)NC1CCC(NC(C)c2nc(Cc3ccccc3)no2)CC1. The van der Waals surface area contributed by atoms with Gasteiger partial charge < -0.3 is 15.2 Å². The topological polar surface area (TPSA) is 80.0 Å². The van der Waals surface area contributed by atoms with E-state index < -0.39 is 0 Å². The summed E-state index contributed by atoms with van der Waals surface area (Å²) < 4.78 is 5.43. The lowest BCUT2D eigenvalue weighted by molar-refractivity contribution is -0.119. The number of nitrogens with one attached hydrogen (secondary N) is 2. The lowest BCUT2D eigenvalue weighted by Gasteiger charge is -2.30. The Bertz CT molecular complexity index is 678. The Labute approximate surface area is 148 Å². The fourth-order valence-electron chi connectivity index (χ4n) is 3.41. The first-order chi connectivity index (χ1) is 12.1. The highest BCUT2D eigenvalue weighted by Gasteiger charge is 2.24. The van der Waals surface area contributed by atoms with E-state index in [1.54, 1.807) is 6.92 Å². The second kappa shape index (κ2) is 8.25. The van der Waals surface area contributed by atoms with Crippen LogP contribution in [0.1, 0.15) is 62.9 Å². The molecule has 2 aromatic rings. The van der Waals surface area contributed by atoms with Crippen molar-refractivity contribution in [2.24, 2.45) is 0 Å². The zero-order valence-corrected chi connectivity index (χ0v) is 14.9. The Hall–Kier alpha value is -2.21. The molecule has 1 saturated carbocycles. The van der Waals surface area contributed by atoms with Crippen LogP contribution in [0.5, 0.6) is 0 Å². The summed E-state index contributed by atoms with van der Waals surface area (Å²) in [6.07, 6.45) is 4.78. The Morgan fingerprint density at radius 3 is 2.56 bits per heavy atom. The summed E-state index contributed by atoms with van der Waals surface area (Å²) in [7, 11) is 0. The fourth-order valence-corrected chi connectivity index (χ4v) is 3.41. The normalized spacial score (nSPS) is 21.7. The molecule has 25 heavy (non-hydrogen) atoms. The van der Waals surface area contributed by atoms with Gasteiger partial charge in [0.1, 0.15) is 0 Å². The molecule has 0 aliphatic heterocycles. The summed E-state index contributed by atoms with van der Waals surface area (Å²) >= 11 is 0. The molecular formula is C19H26N4O2. The van der Waals surface area contributed by atoms with Gasteiger partial charge in [0.2, 0.25) is 11.8 Å². The molecule has 1 aliphatic rings. The number of carbonyl (C=O) groups is 1. The van der Waals surface area contributed by atoms with Gasteiger partial charge >= 0.3 is 0 Å². The second-order valence-corrected chi connectivity index (χ2v) is 6.85. The molecule has 3 rings (SSSR count). The zero-order chi connectivity index (χ0) is 17.6. The van der Waals surface area contributed by atoms with Crippen LogP contribution < -0.4 is 10.6 Å². The van der Waals surface area contributed by atoms with Gasteiger partial charge in [-0.2, -0.15) is 4.98 Å². The van der Waals surface area contributed by atoms with Crippen molar-refractivity contribution < 1.29 is 9.32 Å². The Balaban J connectivity index is 1.49. The molecule has 6 heteroatoms. The summed E-state index contributed by atoms with van der Waals surface area (Å²) in [4.78, 5) is 15.7. The second-order valence-electron chi connectivity index (χ2n) is 6.85. The predicted molar refractivity (Wildman–Crippen MR) is 95.0 cm³/mol. The molecule has 6 nitrogen and oxygen atoms in total. The lowest BCUT2D eigenvalue weighted by Crippen LogP contribution is -2.42. The molecule has 1 aliphatic carbocycles. The molecule has 0 bridgehead atoms. The first-order valence-electron chi connectivity index (χ1n) is 8.99. The minimum Gasteiger partial charge on any atom is -0.354 e. The van der Waals surface area contributed by atoms with Crippen molar-refractivity contribution in [1.82, 2.24) is 20.8 Å². The van der Waals surface area contributed by atoms with Crippen LogP contribution in [-0.2, 0) is 11.2 Å². The average Bonchev–Trinajstić information content (AvgIpc) is 3.06. The molecule has 1 heterocycles. The van der Waals surface area contributed by atoms with E-state index in [2.05, 4.69) is 39.8 Å². The number of rotatable bonds is 6. The number of nitrogens with zero attached hydrogens (tertiary/aromatic N) is 2. The fraction of sp³-hybridized carbons (Fsp3) is 0.526. The summed E-state index contributed by atoms with van der Waals surface area (Å²) in [6.45, 7) is 3.63. The van der Waals surface area contributed by atoms with E-state index in [4.69, 9.17) is 4.52 Å². The smallest absolute Gasteiger partial charge is 0.243 e. The summed E-state index contributed by atoms with van der Waals surface area (Å²) in [5.41, 5.74) is 1.17. The Morgan fingerprint density at radius 1 is 1.20 bits per heavy atom. The molecule has 1 aromatic carbocycles. The van der Waals surface area contributed by atoms with Gasteiger partial charge in [-0.15, -0.1) is 0 Å². The van der Waals surface area contributed by atoms with Crippen molar-refractivity contribution in [2.75, 3.05) is 0 Å². The molecule has 0 radical (unpaired) electrons. The van der Waals surface area contributed by atoms with Gasteiger partial charge in [-0.25, -0.2) is 0 Å². The van der Waals surface area contributed by atoms with Gasteiger partial charge in [0.25, 0.3) is 0 Å². The van der Waals surface area contributed by atoms with Crippen molar-refractivity contribution in [3.8, 4) is 0 Å². The molecule has 1 amide bonds. The highest BCUT2D eigenvalue weighted by Crippen LogP contribution is 2.22. The molecule has 1 unspecified atom stereocenters. The number of hydrogen-bond donors (Lipinski definition) is 2. The molecule has 1 atom stereocenters. The highest BCUT2D eigenvalue weighted by molar-refractivity contribution is 5.73. The van der Waals surface area contributed by atoms with Crippen LogP contribution in [0.4, 0.5) is 0 Å². The van der Waals surface area contributed by atoms with Crippen LogP contribution in [-0.4, -0.2) is 28.1 Å². The number of aromatic nitrogens is 2. The molecule has 134 valence electrons. The van der Waals surface area contributed by atoms with E-state index in [9.17, 15) is 4.79 Å². The van der Waals surface area contributed by atoms with Gasteiger partial charge in [-0.3, -0.25) is 4.79 Å². The van der Waals surface area contributed by atoms with E-state index in [0.717, 1.165) is 25.7 Å². The summed E-state index contributed by atoms with van der Waals surface area (Å²) in [6, 6.07) is 10.9. The van der Waals surface area contributed by atoms with Crippen molar-refractivity contribution >= 4 is 5.91 Å². The number of carbonyl (C=O) groups excluding carboxylic acids is 1. The zero-order valence-electron chi connectivity index (χ0n) is 14.9. The minimum absolute atomic E-state index is 0.0272. The number of amides is 1. The maximum Gasteiger partial charge on any atom is 0.243 e. The third kappa shape index (κ3) is 5.13. The van der Waals surface area contributed by atoms with Crippen molar-refractivity contribution in [1.29, 1.82) is 0 Å². The maximum atomic E-state index is 11.1.